The molecule has 130 valence electrons. The molecule has 0 unspecified atom stereocenters. The van der Waals surface area contributed by atoms with Crippen LogP contribution < -0.4 is 22.9 Å². The normalized spacial score (nSPS) is 53.5. The molecule has 0 radical (unpaired) electrons. The van der Waals surface area contributed by atoms with Crippen LogP contribution in [0.5, 0.6) is 0 Å². The molecular formula is C12H25FN4O5. The minimum Gasteiger partial charge on any atom is -0.389 e. The Balaban J connectivity index is 2.08. The van der Waals surface area contributed by atoms with Crippen LogP contribution in [0.3, 0.4) is 0 Å². The van der Waals surface area contributed by atoms with Gasteiger partial charge < -0.3 is 47.7 Å². The Morgan fingerprint density at radius 3 is 2.27 bits per heavy atom. The van der Waals surface area contributed by atoms with E-state index in [0.717, 1.165) is 0 Å². The van der Waals surface area contributed by atoms with Gasteiger partial charge in [-0.25, -0.2) is 4.39 Å². The lowest BCUT2D eigenvalue weighted by atomic mass is 9.84. The quantitative estimate of drug-likeness (QED) is 0.271. The number of aliphatic hydroxyl groups excluding tert-OH is 3. The summed E-state index contributed by atoms with van der Waals surface area (Å²) in [5.74, 6) is 0. The molecule has 1 aliphatic carbocycles. The Labute approximate surface area is 127 Å². The van der Waals surface area contributed by atoms with Crippen LogP contribution in [0.15, 0.2) is 0 Å². The summed E-state index contributed by atoms with van der Waals surface area (Å²) in [6.45, 7) is -0.124. The van der Waals surface area contributed by atoms with Crippen molar-refractivity contribution in [2.45, 2.75) is 67.5 Å². The van der Waals surface area contributed by atoms with E-state index in [0.29, 0.717) is 0 Å². The SMILES string of the molecule is NC[C@H]1O[C@H](O[C@H]2[C@H](O)[C@@H](O)[C@H](N)C[C@@H]2N)[C@H](N)[C@@H](F)[C@H]1O. The number of rotatable bonds is 3. The predicted molar refractivity (Wildman–Crippen MR) is 74.0 cm³/mol. The molecule has 0 amide bonds. The highest BCUT2D eigenvalue weighted by Gasteiger charge is 2.48. The van der Waals surface area contributed by atoms with E-state index in [1.54, 1.807) is 0 Å². The Hall–Kier alpha value is -0.430. The maximum atomic E-state index is 14.0. The van der Waals surface area contributed by atoms with Gasteiger partial charge in [0, 0.05) is 18.6 Å². The van der Waals surface area contributed by atoms with Crippen molar-refractivity contribution >= 4 is 0 Å². The maximum Gasteiger partial charge on any atom is 0.176 e. The summed E-state index contributed by atoms with van der Waals surface area (Å²) in [7, 11) is 0. The van der Waals surface area contributed by atoms with Gasteiger partial charge in [-0.05, 0) is 6.42 Å². The van der Waals surface area contributed by atoms with E-state index >= 15 is 0 Å². The van der Waals surface area contributed by atoms with Crippen molar-refractivity contribution in [3.8, 4) is 0 Å². The van der Waals surface area contributed by atoms with Crippen LogP contribution in [0, 0.1) is 0 Å². The Morgan fingerprint density at radius 2 is 1.68 bits per heavy atom. The van der Waals surface area contributed by atoms with E-state index in [4.69, 9.17) is 32.4 Å². The van der Waals surface area contributed by atoms with E-state index in [1.165, 1.54) is 0 Å². The zero-order valence-electron chi connectivity index (χ0n) is 12.0. The van der Waals surface area contributed by atoms with Gasteiger partial charge >= 0.3 is 0 Å². The first-order valence-corrected chi connectivity index (χ1v) is 7.24. The molecule has 10 atom stereocenters. The average molecular weight is 324 g/mol. The molecule has 11 N–H and O–H groups in total. The number of hydrogen-bond acceptors (Lipinski definition) is 9. The standard InChI is InChI=1S/C12H25FN4O5/c13-6-7(17)12(21-5(2-14)9(6)19)22-11-4(16)1-3(15)8(18)10(11)20/h3-12,18-20H,1-2,14-17H2/t3-,4+,5-,6-,7-,8+,9+,10-,11-,12-/m1/s1. The van der Waals surface area contributed by atoms with E-state index < -0.39 is 61.1 Å². The molecule has 0 bridgehead atoms. The first-order valence-electron chi connectivity index (χ1n) is 7.24. The summed E-state index contributed by atoms with van der Waals surface area (Å²) in [4.78, 5) is 0. The molecule has 1 saturated heterocycles. The Morgan fingerprint density at radius 1 is 1.05 bits per heavy atom. The van der Waals surface area contributed by atoms with E-state index in [-0.39, 0.29) is 13.0 Å². The highest BCUT2D eigenvalue weighted by atomic mass is 19.1. The lowest BCUT2D eigenvalue weighted by Gasteiger charge is -2.45. The second kappa shape index (κ2) is 6.99. The zero-order valence-corrected chi connectivity index (χ0v) is 12.0. The van der Waals surface area contributed by atoms with Crippen LogP contribution >= 0.6 is 0 Å². The van der Waals surface area contributed by atoms with Crippen molar-refractivity contribution in [3.63, 3.8) is 0 Å². The second-order valence-electron chi connectivity index (χ2n) is 5.94. The molecule has 9 nitrogen and oxygen atoms in total. The van der Waals surface area contributed by atoms with Gasteiger partial charge in [0.1, 0.15) is 30.6 Å². The largest absolute Gasteiger partial charge is 0.389 e. The monoisotopic (exact) mass is 324 g/mol. The summed E-state index contributed by atoms with van der Waals surface area (Å²) < 4.78 is 24.8. The molecule has 1 saturated carbocycles. The van der Waals surface area contributed by atoms with Crippen molar-refractivity contribution in [1.82, 2.24) is 0 Å². The summed E-state index contributed by atoms with van der Waals surface area (Å²) in [5.41, 5.74) is 22.6. The Bertz CT molecular complexity index is 379. The third-order valence-electron chi connectivity index (χ3n) is 4.31. The Kier molecular flexibility index (Phi) is 5.69. The van der Waals surface area contributed by atoms with Gasteiger partial charge in [0.25, 0.3) is 0 Å². The van der Waals surface area contributed by atoms with Crippen molar-refractivity contribution < 1.29 is 29.2 Å². The van der Waals surface area contributed by atoms with Gasteiger partial charge in [0.05, 0.1) is 12.1 Å². The highest BCUT2D eigenvalue weighted by molar-refractivity contribution is 4.99. The first kappa shape index (κ1) is 17.9. The molecule has 0 aromatic carbocycles. The highest BCUT2D eigenvalue weighted by Crippen LogP contribution is 2.27. The fraction of sp³-hybridized carbons (Fsp3) is 1.00. The van der Waals surface area contributed by atoms with Gasteiger partial charge in [-0.1, -0.05) is 0 Å². The molecule has 1 aliphatic heterocycles. The molecular weight excluding hydrogens is 299 g/mol. The molecule has 10 heteroatoms. The fourth-order valence-corrected chi connectivity index (χ4v) is 2.87. The molecule has 0 spiro atoms. The van der Waals surface area contributed by atoms with Crippen molar-refractivity contribution in [1.29, 1.82) is 0 Å². The minimum absolute atomic E-state index is 0.124. The number of aliphatic hydroxyl groups is 3. The van der Waals surface area contributed by atoms with Gasteiger partial charge in [-0.15, -0.1) is 0 Å². The zero-order chi connectivity index (χ0) is 16.6. The minimum atomic E-state index is -1.79. The van der Waals surface area contributed by atoms with E-state index in [9.17, 15) is 19.7 Å². The second-order valence-corrected chi connectivity index (χ2v) is 5.94. The molecule has 2 aliphatic rings. The van der Waals surface area contributed by atoms with Gasteiger partial charge in [-0.3, -0.25) is 0 Å². The van der Waals surface area contributed by atoms with Crippen molar-refractivity contribution in [2.75, 3.05) is 6.54 Å². The van der Waals surface area contributed by atoms with E-state index in [1.807, 2.05) is 0 Å². The molecule has 0 aromatic rings. The lowest BCUT2D eigenvalue weighted by molar-refractivity contribution is -0.280. The number of ether oxygens (including phenoxy) is 2. The summed E-state index contributed by atoms with van der Waals surface area (Å²) in [6, 6.07) is -2.63. The molecule has 1 heterocycles. The predicted octanol–water partition coefficient (Wildman–Crippen LogP) is -4.14. The summed E-state index contributed by atoms with van der Waals surface area (Å²) in [5, 5.41) is 29.5. The van der Waals surface area contributed by atoms with E-state index in [2.05, 4.69) is 0 Å². The van der Waals surface area contributed by atoms with Crippen LogP contribution in [0.25, 0.3) is 0 Å². The van der Waals surface area contributed by atoms with Crippen molar-refractivity contribution in [2.24, 2.45) is 22.9 Å². The van der Waals surface area contributed by atoms with Crippen LogP contribution in [-0.2, 0) is 9.47 Å². The third kappa shape index (κ3) is 3.25. The van der Waals surface area contributed by atoms with Crippen LogP contribution in [0.2, 0.25) is 0 Å². The number of alkyl halides is 1. The first-order chi connectivity index (χ1) is 10.3. The van der Waals surface area contributed by atoms with Crippen LogP contribution in [0.4, 0.5) is 4.39 Å². The van der Waals surface area contributed by atoms with Crippen molar-refractivity contribution in [3.05, 3.63) is 0 Å². The maximum absolute atomic E-state index is 14.0. The van der Waals surface area contributed by atoms with Gasteiger partial charge in [0.2, 0.25) is 0 Å². The summed E-state index contributed by atoms with van der Waals surface area (Å²) >= 11 is 0. The molecule has 0 aromatic heterocycles. The van der Waals surface area contributed by atoms with Gasteiger partial charge in [-0.2, -0.15) is 0 Å². The van der Waals surface area contributed by atoms with Crippen LogP contribution in [0.1, 0.15) is 6.42 Å². The molecule has 2 fully saturated rings. The third-order valence-corrected chi connectivity index (χ3v) is 4.31. The lowest BCUT2D eigenvalue weighted by Crippen LogP contribution is -2.66. The van der Waals surface area contributed by atoms with Crippen LogP contribution in [-0.4, -0.2) is 83.0 Å². The fourth-order valence-electron chi connectivity index (χ4n) is 2.87. The number of halogens is 1. The number of nitrogens with two attached hydrogens (primary N) is 4. The number of hydrogen-bond donors (Lipinski definition) is 7. The molecule has 2 rings (SSSR count). The smallest absolute Gasteiger partial charge is 0.176 e. The average Bonchev–Trinajstić information content (AvgIpc) is 2.49. The van der Waals surface area contributed by atoms with Gasteiger partial charge in [0.15, 0.2) is 6.29 Å². The summed E-state index contributed by atoms with van der Waals surface area (Å²) in [6.07, 6.45) is -8.86. The topological polar surface area (TPSA) is 183 Å². The molecule has 22 heavy (non-hydrogen) atoms.